The second kappa shape index (κ2) is 14.0. The van der Waals surface area contributed by atoms with Crippen molar-refractivity contribution < 1.29 is 14.9 Å². The van der Waals surface area contributed by atoms with Crippen molar-refractivity contribution in [1.82, 2.24) is 5.32 Å². The number of phenolic OH excluding ortho intramolecular Hbond substituents is 2. The lowest BCUT2D eigenvalue weighted by atomic mass is 10.2. The molecule has 0 amide bonds. The van der Waals surface area contributed by atoms with Crippen LogP contribution in [0.1, 0.15) is 18.6 Å². The molecule has 1 aliphatic heterocycles. The molecule has 0 spiro atoms. The summed E-state index contributed by atoms with van der Waals surface area (Å²) < 4.78 is 4.68. The molecule has 8 nitrogen and oxygen atoms in total. The van der Waals surface area contributed by atoms with Gasteiger partial charge in [-0.1, -0.05) is 7.43 Å². The lowest BCUT2D eigenvalue weighted by Gasteiger charge is -2.01. The average molecular weight is 390 g/mol. The van der Waals surface area contributed by atoms with Gasteiger partial charge in [-0.25, -0.2) is 0 Å². The largest absolute Gasteiger partial charge is 0.508 e. The van der Waals surface area contributed by atoms with E-state index in [9.17, 15) is 0 Å². The molecule has 3 rings (SSSR count). The molecule has 2 aromatic carbocycles. The molecule has 8 heteroatoms. The van der Waals surface area contributed by atoms with E-state index in [1.54, 1.807) is 24.3 Å². The average Bonchev–Trinajstić information content (AvgIpc) is 3.24. The molecule has 2 aromatic rings. The number of benzene rings is 2. The Morgan fingerprint density at radius 1 is 1.04 bits per heavy atom. The number of aliphatic imine (C=N–C) groups is 1. The van der Waals surface area contributed by atoms with Crippen LogP contribution < -0.4 is 16.8 Å². The molecule has 0 saturated heterocycles. The molecule has 1 aliphatic rings. The van der Waals surface area contributed by atoms with E-state index in [0.29, 0.717) is 18.7 Å². The summed E-state index contributed by atoms with van der Waals surface area (Å²) in [5.41, 5.74) is 11.5. The first kappa shape index (κ1) is 24.9. The van der Waals surface area contributed by atoms with Gasteiger partial charge in [-0.15, -0.1) is 0 Å². The van der Waals surface area contributed by atoms with Gasteiger partial charge in [0.15, 0.2) is 0 Å². The Morgan fingerprint density at radius 2 is 1.54 bits per heavy atom. The molecule has 154 valence electrons. The Bertz CT molecular complexity index is 714. The molecule has 28 heavy (non-hydrogen) atoms. The van der Waals surface area contributed by atoms with E-state index in [1.165, 1.54) is 19.2 Å². The van der Waals surface area contributed by atoms with Crippen LogP contribution in [-0.2, 0) is 4.74 Å². The minimum Gasteiger partial charge on any atom is -0.508 e. The Hall–Kier alpha value is -3.10. The van der Waals surface area contributed by atoms with E-state index in [2.05, 4.69) is 15.0 Å². The van der Waals surface area contributed by atoms with Gasteiger partial charge in [0, 0.05) is 30.8 Å². The van der Waals surface area contributed by atoms with Gasteiger partial charge in [0.25, 0.3) is 0 Å². The van der Waals surface area contributed by atoms with Crippen molar-refractivity contribution in [2.45, 2.75) is 7.43 Å². The number of nitrogens with one attached hydrogen (secondary N) is 2. The fourth-order valence-corrected chi connectivity index (χ4v) is 1.94. The monoisotopic (exact) mass is 389 g/mol. The van der Waals surface area contributed by atoms with E-state index < -0.39 is 0 Å². The predicted molar refractivity (Wildman–Crippen MR) is 114 cm³/mol. The van der Waals surface area contributed by atoms with Crippen LogP contribution in [0.5, 0.6) is 11.5 Å². The van der Waals surface area contributed by atoms with Gasteiger partial charge >= 0.3 is 0 Å². The van der Waals surface area contributed by atoms with Crippen LogP contribution in [0.3, 0.4) is 0 Å². The summed E-state index contributed by atoms with van der Waals surface area (Å²) in [5, 5.41) is 28.3. The van der Waals surface area contributed by atoms with Crippen molar-refractivity contribution in [1.29, 1.82) is 5.41 Å². The maximum atomic E-state index is 9.04. The molecule has 8 N–H and O–H groups in total. The molecule has 0 bridgehead atoms. The summed E-state index contributed by atoms with van der Waals surface area (Å²) in [4.78, 5) is 4.26. The summed E-state index contributed by atoms with van der Waals surface area (Å²) in [5.74, 6) is 1.51. The normalized spacial score (nSPS) is 11.3. The van der Waals surface area contributed by atoms with Gasteiger partial charge in [0.2, 0.25) is 5.90 Å². The highest BCUT2D eigenvalue weighted by molar-refractivity contribution is 5.99. The highest BCUT2D eigenvalue weighted by Crippen LogP contribution is 2.11. The minimum absolute atomic E-state index is 0. The van der Waals surface area contributed by atoms with E-state index in [4.69, 9.17) is 27.1 Å². The van der Waals surface area contributed by atoms with E-state index in [0.717, 1.165) is 24.5 Å². The van der Waals surface area contributed by atoms with Crippen molar-refractivity contribution in [2.24, 2.45) is 16.5 Å². The maximum absolute atomic E-state index is 9.04. The second-order valence-electron chi connectivity index (χ2n) is 5.36. The standard InChI is InChI=1S/C9H10N2O.C8H9NO2.C2H8N2.CH4/c12-8-3-1-7(2-4-8)9-10-5-6-11-9;1-11-8(9)6-2-4-7(10)5-3-6;3-1-2-4;/h1-4,12H,5-6H2,(H,10,11);2-5,9-10H,1H3;1-4H2;1H4. The fourth-order valence-electron chi connectivity index (χ4n) is 1.94. The van der Waals surface area contributed by atoms with Crippen LogP contribution in [0.25, 0.3) is 0 Å². The molecular weight excluding hydrogens is 358 g/mol. The summed E-state index contributed by atoms with van der Waals surface area (Å²) in [6.45, 7) is 2.95. The van der Waals surface area contributed by atoms with Gasteiger partial charge in [-0.05, 0) is 48.5 Å². The third-order valence-electron chi connectivity index (χ3n) is 3.32. The molecule has 1 heterocycles. The number of hydrogen-bond acceptors (Lipinski definition) is 8. The zero-order valence-electron chi connectivity index (χ0n) is 15.4. The predicted octanol–water partition coefficient (Wildman–Crippen LogP) is 1.65. The first-order valence-electron chi connectivity index (χ1n) is 8.41. The van der Waals surface area contributed by atoms with Crippen molar-refractivity contribution in [3.63, 3.8) is 0 Å². The lowest BCUT2D eigenvalue weighted by Crippen LogP contribution is -2.19. The highest BCUT2D eigenvalue weighted by Gasteiger charge is 2.06. The van der Waals surface area contributed by atoms with Crippen LogP contribution >= 0.6 is 0 Å². The number of nitrogens with two attached hydrogens (primary N) is 2. The van der Waals surface area contributed by atoms with E-state index in [1.807, 2.05) is 12.1 Å². The maximum Gasteiger partial charge on any atom is 0.212 e. The zero-order chi connectivity index (χ0) is 20.1. The number of amidine groups is 1. The first-order valence-corrected chi connectivity index (χ1v) is 8.41. The SMILES string of the molecule is C.COC(=N)c1ccc(O)cc1.NCCN.Oc1ccc(C2=NCCN2)cc1. The third kappa shape index (κ3) is 9.02. The van der Waals surface area contributed by atoms with Gasteiger partial charge in [0.05, 0.1) is 13.7 Å². The van der Waals surface area contributed by atoms with Gasteiger partial charge < -0.3 is 31.7 Å². The van der Waals surface area contributed by atoms with E-state index >= 15 is 0 Å². The molecule has 0 aromatic heterocycles. The number of phenols is 2. The van der Waals surface area contributed by atoms with Gasteiger partial charge in [-0.3, -0.25) is 10.4 Å². The molecule has 0 atom stereocenters. The highest BCUT2D eigenvalue weighted by atomic mass is 16.5. The van der Waals surface area contributed by atoms with Crippen molar-refractivity contribution >= 4 is 11.7 Å². The number of nitrogens with zero attached hydrogens (tertiary/aromatic N) is 1. The second-order valence-corrected chi connectivity index (χ2v) is 5.36. The van der Waals surface area contributed by atoms with Gasteiger partial charge in [0.1, 0.15) is 17.3 Å². The van der Waals surface area contributed by atoms with Crippen LogP contribution in [0.2, 0.25) is 0 Å². The fraction of sp³-hybridized carbons (Fsp3) is 0.300. The van der Waals surface area contributed by atoms with Crippen molar-refractivity contribution in [2.75, 3.05) is 33.3 Å². The summed E-state index contributed by atoms with van der Waals surface area (Å²) in [7, 11) is 1.44. The topological polar surface area (TPSA) is 150 Å². The molecule has 0 aliphatic carbocycles. The molecule has 0 unspecified atom stereocenters. The number of aromatic hydroxyl groups is 2. The van der Waals surface area contributed by atoms with Crippen LogP contribution in [-0.4, -0.2) is 55.2 Å². The molecular formula is C20H31N5O3. The molecule has 0 radical (unpaired) electrons. The smallest absolute Gasteiger partial charge is 0.212 e. The minimum atomic E-state index is 0. The number of hydrogen-bond donors (Lipinski definition) is 6. The van der Waals surface area contributed by atoms with Crippen LogP contribution in [0, 0.1) is 5.41 Å². The first-order chi connectivity index (χ1) is 13.0. The molecule has 0 fully saturated rings. The Kier molecular flexibility index (Phi) is 12.5. The Labute approximate surface area is 166 Å². The number of ether oxygens (including phenoxy) is 1. The number of rotatable bonds is 3. The van der Waals surface area contributed by atoms with Crippen LogP contribution in [0.4, 0.5) is 0 Å². The zero-order valence-corrected chi connectivity index (χ0v) is 15.4. The number of methoxy groups -OCH3 is 1. The quantitative estimate of drug-likeness (QED) is 0.347. The third-order valence-corrected chi connectivity index (χ3v) is 3.32. The van der Waals surface area contributed by atoms with Crippen LogP contribution in [0.15, 0.2) is 53.5 Å². The van der Waals surface area contributed by atoms with Crippen molar-refractivity contribution in [3.8, 4) is 11.5 Å². The summed E-state index contributed by atoms with van der Waals surface area (Å²) >= 11 is 0. The van der Waals surface area contributed by atoms with Crippen molar-refractivity contribution in [3.05, 3.63) is 59.7 Å². The summed E-state index contributed by atoms with van der Waals surface area (Å²) in [6.07, 6.45) is 0. The molecule has 0 saturated carbocycles. The Morgan fingerprint density at radius 3 is 1.93 bits per heavy atom. The summed E-state index contributed by atoms with van der Waals surface area (Å²) in [6, 6.07) is 13.3. The van der Waals surface area contributed by atoms with Gasteiger partial charge in [-0.2, -0.15) is 0 Å². The Balaban J connectivity index is 0.000000428. The van der Waals surface area contributed by atoms with E-state index in [-0.39, 0.29) is 24.8 Å². The lowest BCUT2D eigenvalue weighted by molar-refractivity contribution is 0.401.